The highest BCUT2D eigenvalue weighted by molar-refractivity contribution is 5.76. The van der Waals surface area contributed by atoms with Crippen molar-refractivity contribution >= 4 is 5.91 Å². The molecule has 1 fully saturated rings. The average Bonchev–Trinajstić information content (AvgIpc) is 2.81. The van der Waals surface area contributed by atoms with Crippen molar-refractivity contribution in [3.05, 3.63) is 24.2 Å². The number of furan rings is 1. The Bertz CT molecular complexity index is 327. The smallest absolute Gasteiger partial charge is 0.220 e. The van der Waals surface area contributed by atoms with E-state index in [1.54, 1.807) is 18.4 Å². The second-order valence-corrected chi connectivity index (χ2v) is 3.98. The number of piperidine rings is 1. The highest BCUT2D eigenvalue weighted by Crippen LogP contribution is 2.12. The molecule has 1 aliphatic rings. The molecule has 2 heterocycles. The van der Waals surface area contributed by atoms with Crippen LogP contribution in [0.4, 0.5) is 0 Å². The minimum atomic E-state index is -0.632. The Morgan fingerprint density at radius 2 is 2.56 bits per heavy atom. The van der Waals surface area contributed by atoms with Crippen molar-refractivity contribution in [2.24, 2.45) is 0 Å². The van der Waals surface area contributed by atoms with Crippen LogP contribution in [-0.4, -0.2) is 30.1 Å². The molecule has 5 nitrogen and oxygen atoms in total. The van der Waals surface area contributed by atoms with Gasteiger partial charge in [0.1, 0.15) is 11.9 Å². The number of aliphatic hydroxyl groups excluding tert-OH is 1. The third-order valence-electron chi connectivity index (χ3n) is 2.74. The number of carbonyl (C=O) groups excluding carboxylic acids is 1. The maximum absolute atomic E-state index is 10.9. The topological polar surface area (TPSA) is 74.5 Å². The van der Waals surface area contributed by atoms with Gasteiger partial charge in [-0.3, -0.25) is 4.79 Å². The van der Waals surface area contributed by atoms with Crippen LogP contribution in [0.3, 0.4) is 0 Å². The van der Waals surface area contributed by atoms with E-state index in [2.05, 4.69) is 10.6 Å². The summed E-state index contributed by atoms with van der Waals surface area (Å²) < 4.78 is 5.09. The van der Waals surface area contributed by atoms with Gasteiger partial charge in [-0.2, -0.15) is 0 Å². The normalized spacial score (nSPS) is 22.8. The van der Waals surface area contributed by atoms with Crippen LogP contribution < -0.4 is 10.6 Å². The van der Waals surface area contributed by atoms with Crippen molar-refractivity contribution in [3.8, 4) is 0 Å². The van der Waals surface area contributed by atoms with Crippen molar-refractivity contribution in [2.45, 2.75) is 25.0 Å². The van der Waals surface area contributed by atoms with Gasteiger partial charge in [-0.15, -0.1) is 0 Å². The summed E-state index contributed by atoms with van der Waals surface area (Å²) in [5.74, 6) is 0.664. The van der Waals surface area contributed by atoms with E-state index in [4.69, 9.17) is 4.42 Å². The standard InChI is InChI=1S/C11H16N2O3/c14-9(10-2-1-5-16-10)7-12-8-3-4-11(15)13-6-8/h1-2,5,8-9,12,14H,3-4,6-7H2,(H,13,15). The van der Waals surface area contributed by atoms with Gasteiger partial charge in [0.05, 0.1) is 6.26 Å². The Labute approximate surface area is 93.8 Å². The molecule has 1 aliphatic heterocycles. The fourth-order valence-electron chi connectivity index (χ4n) is 1.77. The first-order valence-electron chi connectivity index (χ1n) is 5.47. The maximum atomic E-state index is 10.9. The molecule has 0 radical (unpaired) electrons. The third kappa shape index (κ3) is 2.84. The fraction of sp³-hybridized carbons (Fsp3) is 0.545. The zero-order chi connectivity index (χ0) is 11.4. The Morgan fingerprint density at radius 1 is 1.69 bits per heavy atom. The van der Waals surface area contributed by atoms with Crippen molar-refractivity contribution < 1.29 is 14.3 Å². The fourth-order valence-corrected chi connectivity index (χ4v) is 1.77. The Balaban J connectivity index is 1.73. The predicted molar refractivity (Wildman–Crippen MR) is 57.7 cm³/mol. The van der Waals surface area contributed by atoms with Crippen molar-refractivity contribution in [3.63, 3.8) is 0 Å². The van der Waals surface area contributed by atoms with Gasteiger partial charge >= 0.3 is 0 Å². The molecule has 2 rings (SSSR count). The summed E-state index contributed by atoms with van der Waals surface area (Å²) in [6.07, 6.45) is 2.28. The van der Waals surface area contributed by atoms with E-state index < -0.39 is 6.10 Å². The first-order chi connectivity index (χ1) is 7.75. The number of rotatable bonds is 4. The quantitative estimate of drug-likeness (QED) is 0.682. The Hall–Kier alpha value is -1.33. The monoisotopic (exact) mass is 224 g/mol. The van der Waals surface area contributed by atoms with Crippen LogP contribution in [0.1, 0.15) is 24.7 Å². The number of aliphatic hydroxyl groups is 1. The first kappa shape index (κ1) is 11.2. The molecule has 1 amide bonds. The van der Waals surface area contributed by atoms with E-state index in [0.717, 1.165) is 6.42 Å². The van der Waals surface area contributed by atoms with Gasteiger partial charge in [0.15, 0.2) is 0 Å². The maximum Gasteiger partial charge on any atom is 0.220 e. The number of nitrogens with one attached hydrogen (secondary N) is 2. The third-order valence-corrected chi connectivity index (χ3v) is 2.74. The lowest BCUT2D eigenvalue weighted by Gasteiger charge is -2.24. The lowest BCUT2D eigenvalue weighted by atomic mass is 10.1. The lowest BCUT2D eigenvalue weighted by Crippen LogP contribution is -2.46. The second kappa shape index (κ2) is 5.14. The van der Waals surface area contributed by atoms with Crippen LogP contribution in [0.2, 0.25) is 0 Å². The van der Waals surface area contributed by atoms with E-state index in [-0.39, 0.29) is 11.9 Å². The van der Waals surface area contributed by atoms with Crippen molar-refractivity contribution in [2.75, 3.05) is 13.1 Å². The molecule has 1 aromatic heterocycles. The molecule has 0 saturated carbocycles. The van der Waals surface area contributed by atoms with Crippen LogP contribution in [0.15, 0.2) is 22.8 Å². The second-order valence-electron chi connectivity index (χ2n) is 3.98. The first-order valence-corrected chi connectivity index (χ1v) is 5.47. The molecule has 1 saturated heterocycles. The molecule has 0 aliphatic carbocycles. The molecule has 1 aromatic rings. The van der Waals surface area contributed by atoms with Crippen molar-refractivity contribution in [1.82, 2.24) is 10.6 Å². The van der Waals surface area contributed by atoms with Gasteiger partial charge in [0, 0.05) is 25.6 Å². The van der Waals surface area contributed by atoms with E-state index in [9.17, 15) is 9.90 Å². The van der Waals surface area contributed by atoms with E-state index in [0.29, 0.717) is 25.3 Å². The lowest BCUT2D eigenvalue weighted by molar-refractivity contribution is -0.122. The van der Waals surface area contributed by atoms with Crippen LogP contribution in [0.25, 0.3) is 0 Å². The molecule has 2 atom stereocenters. The number of amides is 1. The minimum Gasteiger partial charge on any atom is -0.467 e. The molecule has 0 bridgehead atoms. The molecule has 0 aromatic carbocycles. The van der Waals surface area contributed by atoms with Gasteiger partial charge < -0.3 is 20.2 Å². The predicted octanol–water partition coefficient (Wildman–Crippen LogP) is 0.181. The van der Waals surface area contributed by atoms with Crippen LogP contribution in [-0.2, 0) is 4.79 Å². The SMILES string of the molecule is O=C1CCC(NCC(O)c2ccco2)CN1. The average molecular weight is 224 g/mol. The molecule has 3 N–H and O–H groups in total. The largest absolute Gasteiger partial charge is 0.467 e. The van der Waals surface area contributed by atoms with E-state index in [1.165, 1.54) is 0 Å². The summed E-state index contributed by atoms with van der Waals surface area (Å²) >= 11 is 0. The van der Waals surface area contributed by atoms with Gasteiger partial charge in [-0.05, 0) is 18.6 Å². The Kier molecular flexibility index (Phi) is 3.58. The highest BCUT2D eigenvalue weighted by atomic mass is 16.4. The molecule has 5 heteroatoms. The van der Waals surface area contributed by atoms with Crippen LogP contribution in [0.5, 0.6) is 0 Å². The number of carbonyl (C=O) groups is 1. The number of hydrogen-bond donors (Lipinski definition) is 3. The van der Waals surface area contributed by atoms with Crippen LogP contribution in [0, 0.1) is 0 Å². The van der Waals surface area contributed by atoms with Gasteiger partial charge in [0.2, 0.25) is 5.91 Å². The number of hydrogen-bond acceptors (Lipinski definition) is 4. The summed E-state index contributed by atoms with van der Waals surface area (Å²) in [4.78, 5) is 10.9. The molecule has 0 spiro atoms. The molecular formula is C11H16N2O3. The molecule has 2 unspecified atom stereocenters. The van der Waals surface area contributed by atoms with Gasteiger partial charge in [-0.1, -0.05) is 0 Å². The zero-order valence-electron chi connectivity index (χ0n) is 8.98. The van der Waals surface area contributed by atoms with E-state index >= 15 is 0 Å². The summed E-state index contributed by atoms with van der Waals surface area (Å²) in [5.41, 5.74) is 0. The minimum absolute atomic E-state index is 0.102. The molecular weight excluding hydrogens is 208 g/mol. The highest BCUT2D eigenvalue weighted by Gasteiger charge is 2.19. The molecule has 16 heavy (non-hydrogen) atoms. The Morgan fingerprint density at radius 3 is 3.19 bits per heavy atom. The summed E-state index contributed by atoms with van der Waals surface area (Å²) in [6, 6.07) is 3.73. The summed E-state index contributed by atoms with van der Waals surface area (Å²) in [5, 5.41) is 15.7. The van der Waals surface area contributed by atoms with Crippen LogP contribution >= 0.6 is 0 Å². The van der Waals surface area contributed by atoms with Gasteiger partial charge in [0.25, 0.3) is 0 Å². The zero-order valence-corrected chi connectivity index (χ0v) is 8.98. The van der Waals surface area contributed by atoms with Crippen molar-refractivity contribution in [1.29, 1.82) is 0 Å². The molecule has 88 valence electrons. The summed E-state index contributed by atoms with van der Waals surface area (Å²) in [6.45, 7) is 1.07. The summed E-state index contributed by atoms with van der Waals surface area (Å²) in [7, 11) is 0. The van der Waals surface area contributed by atoms with E-state index in [1.807, 2.05) is 0 Å². The van der Waals surface area contributed by atoms with Gasteiger partial charge in [-0.25, -0.2) is 0 Å².